The molecule has 3 aromatic rings. The van der Waals surface area contributed by atoms with Crippen LogP contribution in [0.4, 0.5) is 0 Å². The van der Waals surface area contributed by atoms with Crippen LogP contribution in [-0.2, 0) is 0 Å². The third-order valence-electron chi connectivity index (χ3n) is 2.96. The van der Waals surface area contributed by atoms with Crippen molar-refractivity contribution in [2.75, 3.05) is 11.6 Å². The summed E-state index contributed by atoms with van der Waals surface area (Å²) in [6, 6.07) is 11.7. The number of nitriles is 1. The number of nitrogens with zero attached hydrogens (tertiary/aromatic N) is 3. The summed E-state index contributed by atoms with van der Waals surface area (Å²) in [7, 11) is 0. The molecule has 5 nitrogen and oxygen atoms in total. The Bertz CT molecular complexity index is 893. The van der Waals surface area contributed by atoms with Gasteiger partial charge in [-0.05, 0) is 5.56 Å². The maximum Gasteiger partial charge on any atom is 0.282 e. The molecule has 0 bridgehead atoms. The van der Waals surface area contributed by atoms with Crippen molar-refractivity contribution in [3.05, 3.63) is 46.1 Å². The predicted octanol–water partition coefficient (Wildman–Crippen LogP) is 2.45. The minimum atomic E-state index is -0.291. The quantitative estimate of drug-likeness (QED) is 0.456. The lowest BCUT2D eigenvalue weighted by molar-refractivity contribution is 0.783. The second kappa shape index (κ2) is 5.60. The Hall–Kier alpha value is -2.30. The number of thioether (sulfide) groups is 1. The predicted molar refractivity (Wildman–Crippen MR) is 85.8 cm³/mol. The molecule has 0 unspecified atom stereocenters. The smallest absolute Gasteiger partial charge is 0.282 e. The van der Waals surface area contributed by atoms with Crippen LogP contribution in [0.15, 0.2) is 45.7 Å². The Balaban J connectivity index is 2.22. The summed E-state index contributed by atoms with van der Waals surface area (Å²) >= 11 is 2.56. The second-order valence-corrected chi connectivity index (χ2v) is 6.01. The summed E-state index contributed by atoms with van der Waals surface area (Å²) in [4.78, 5) is 17.5. The van der Waals surface area contributed by atoms with E-state index in [2.05, 4.69) is 4.98 Å². The molecule has 2 N–H and O–H groups in total. The molecule has 0 atom stereocenters. The highest BCUT2D eigenvalue weighted by atomic mass is 32.2. The van der Waals surface area contributed by atoms with E-state index in [1.54, 1.807) is 0 Å². The van der Waals surface area contributed by atoms with E-state index in [1.165, 1.54) is 11.3 Å². The number of aromatic nitrogens is 2. The maximum absolute atomic E-state index is 12.5. The molecule has 0 saturated heterocycles. The van der Waals surface area contributed by atoms with E-state index in [0.717, 1.165) is 27.6 Å². The Labute approximate surface area is 128 Å². The zero-order valence-corrected chi connectivity index (χ0v) is 12.4. The molecule has 1 aromatic carbocycles. The molecule has 0 amide bonds. The highest BCUT2D eigenvalue weighted by molar-refractivity contribution is 7.99. The van der Waals surface area contributed by atoms with Gasteiger partial charge >= 0.3 is 0 Å². The number of hydrogen-bond donors (Lipinski definition) is 1. The molecule has 21 heavy (non-hydrogen) atoms. The van der Waals surface area contributed by atoms with Crippen LogP contribution < -0.4 is 11.4 Å². The molecule has 2 heterocycles. The van der Waals surface area contributed by atoms with Gasteiger partial charge in [0, 0.05) is 10.9 Å². The summed E-state index contributed by atoms with van der Waals surface area (Å²) in [5.74, 6) is 6.01. The minimum absolute atomic E-state index is 0.200. The molecule has 104 valence electrons. The normalized spacial score (nSPS) is 10.6. The SMILES string of the molecule is N#CCSc1nc2scc(-c3ccccc3)c2c(=O)n1N. The molecule has 0 spiro atoms. The lowest BCUT2D eigenvalue weighted by atomic mass is 10.1. The Morgan fingerprint density at radius 2 is 2.14 bits per heavy atom. The molecule has 7 heteroatoms. The van der Waals surface area contributed by atoms with Gasteiger partial charge in [0.05, 0.1) is 17.2 Å². The fourth-order valence-corrected chi connectivity index (χ4v) is 3.58. The van der Waals surface area contributed by atoms with Crippen LogP contribution in [0.25, 0.3) is 21.3 Å². The van der Waals surface area contributed by atoms with Crippen LogP contribution in [0.2, 0.25) is 0 Å². The average Bonchev–Trinajstić information content (AvgIpc) is 2.94. The van der Waals surface area contributed by atoms with Crippen molar-refractivity contribution >= 4 is 33.3 Å². The lowest BCUT2D eigenvalue weighted by Crippen LogP contribution is -2.29. The number of fused-ring (bicyclic) bond motifs is 1. The first kappa shape index (κ1) is 13.7. The van der Waals surface area contributed by atoms with Crippen LogP contribution in [0, 0.1) is 11.3 Å². The van der Waals surface area contributed by atoms with Gasteiger partial charge in [-0.3, -0.25) is 4.79 Å². The number of benzene rings is 1. The fraction of sp³-hybridized carbons (Fsp3) is 0.0714. The molecule has 0 fully saturated rings. The van der Waals surface area contributed by atoms with Crippen molar-refractivity contribution in [1.29, 1.82) is 5.26 Å². The van der Waals surface area contributed by atoms with Crippen molar-refractivity contribution in [3.8, 4) is 17.2 Å². The maximum atomic E-state index is 12.5. The van der Waals surface area contributed by atoms with Crippen LogP contribution in [0.3, 0.4) is 0 Å². The Kier molecular flexibility index (Phi) is 3.64. The second-order valence-electron chi connectivity index (χ2n) is 4.21. The van der Waals surface area contributed by atoms with E-state index >= 15 is 0 Å². The Morgan fingerprint density at radius 3 is 2.86 bits per heavy atom. The van der Waals surface area contributed by atoms with Crippen molar-refractivity contribution in [1.82, 2.24) is 9.66 Å². The van der Waals surface area contributed by atoms with Crippen LogP contribution in [0.1, 0.15) is 0 Å². The molecule has 0 radical (unpaired) electrons. The van der Waals surface area contributed by atoms with E-state index in [9.17, 15) is 4.79 Å². The van der Waals surface area contributed by atoms with Gasteiger partial charge in [-0.25, -0.2) is 9.66 Å². The third kappa shape index (κ3) is 2.39. The zero-order chi connectivity index (χ0) is 14.8. The van der Waals surface area contributed by atoms with Gasteiger partial charge in [0.2, 0.25) is 0 Å². The number of nitrogen functional groups attached to an aromatic ring is 1. The summed E-state index contributed by atoms with van der Waals surface area (Å²) in [6.45, 7) is 0. The van der Waals surface area contributed by atoms with Crippen molar-refractivity contribution < 1.29 is 0 Å². The molecule has 0 saturated carbocycles. The van der Waals surface area contributed by atoms with Gasteiger partial charge in [0.25, 0.3) is 5.56 Å². The highest BCUT2D eigenvalue weighted by Gasteiger charge is 2.15. The van der Waals surface area contributed by atoms with Crippen molar-refractivity contribution in [3.63, 3.8) is 0 Å². The van der Waals surface area contributed by atoms with Crippen molar-refractivity contribution in [2.24, 2.45) is 0 Å². The van der Waals surface area contributed by atoms with Gasteiger partial charge in [-0.15, -0.1) is 11.3 Å². The van der Waals surface area contributed by atoms with Gasteiger partial charge in [0.1, 0.15) is 4.83 Å². The Morgan fingerprint density at radius 1 is 1.38 bits per heavy atom. The van der Waals surface area contributed by atoms with Crippen LogP contribution in [0.5, 0.6) is 0 Å². The molecule has 0 aliphatic heterocycles. The molecular formula is C14H10N4OS2. The summed E-state index contributed by atoms with van der Waals surface area (Å²) in [5, 5.41) is 11.4. The first-order valence-corrected chi connectivity index (χ1v) is 7.93. The zero-order valence-electron chi connectivity index (χ0n) is 10.8. The number of nitrogens with two attached hydrogens (primary N) is 1. The third-order valence-corrected chi connectivity index (χ3v) is 4.65. The average molecular weight is 314 g/mol. The molecular weight excluding hydrogens is 304 g/mol. The number of thiophene rings is 1. The summed E-state index contributed by atoms with van der Waals surface area (Å²) in [6.07, 6.45) is 0. The number of rotatable bonds is 3. The lowest BCUT2D eigenvalue weighted by Gasteiger charge is -2.05. The minimum Gasteiger partial charge on any atom is -0.334 e. The van der Waals surface area contributed by atoms with Crippen LogP contribution >= 0.6 is 23.1 Å². The van der Waals surface area contributed by atoms with Gasteiger partial charge in [-0.1, -0.05) is 42.1 Å². The monoisotopic (exact) mass is 314 g/mol. The van der Waals surface area contributed by atoms with Crippen LogP contribution in [-0.4, -0.2) is 15.4 Å². The van der Waals surface area contributed by atoms with E-state index in [4.69, 9.17) is 11.1 Å². The van der Waals surface area contributed by atoms with Crippen molar-refractivity contribution in [2.45, 2.75) is 5.16 Å². The van der Waals surface area contributed by atoms with Gasteiger partial charge < -0.3 is 5.84 Å². The molecule has 0 aliphatic rings. The summed E-state index contributed by atoms with van der Waals surface area (Å²) < 4.78 is 1.02. The molecule has 3 rings (SSSR count). The number of hydrogen-bond acceptors (Lipinski definition) is 6. The topological polar surface area (TPSA) is 84.7 Å². The molecule has 0 aliphatic carbocycles. The van der Waals surface area contributed by atoms with E-state index in [-0.39, 0.29) is 11.3 Å². The van der Waals surface area contributed by atoms with Gasteiger partial charge in [0.15, 0.2) is 5.16 Å². The van der Waals surface area contributed by atoms with Gasteiger partial charge in [-0.2, -0.15) is 5.26 Å². The summed E-state index contributed by atoms with van der Waals surface area (Å²) in [5.41, 5.74) is 1.50. The molecule has 2 aromatic heterocycles. The highest BCUT2D eigenvalue weighted by Crippen LogP contribution is 2.31. The van der Waals surface area contributed by atoms with E-state index < -0.39 is 0 Å². The fourth-order valence-electron chi connectivity index (χ4n) is 2.01. The standard InChI is InChI=1S/C14H10N4OS2/c15-6-7-20-14-17-12-11(13(19)18(14)16)10(8-21-12)9-4-2-1-3-5-9/h1-5,8H,7,16H2. The van der Waals surface area contributed by atoms with E-state index in [1.807, 2.05) is 41.8 Å². The first-order valence-electron chi connectivity index (χ1n) is 6.07. The first-order chi connectivity index (χ1) is 10.2. The van der Waals surface area contributed by atoms with E-state index in [0.29, 0.717) is 15.4 Å². The largest absolute Gasteiger partial charge is 0.334 e.